The molecule has 0 fully saturated rings. The number of hydrogen-bond donors (Lipinski definition) is 6. The standard InChI is InChI=1S/C34H39N3O6S/c1-34(2,36-22-32(40)28-13-14-31(39)30(19-28)37-44(3,42)43)20-24-8-4-7-23(15-24)17-33(41)35-21-25-9-5-10-26(16-25)27-11-6-12-29(38)18-27/h4-16,18-19,32,36-40H,17,20-22H2,1-3H3,(H,35,41)/t32-/m1/s1. The van der Waals surface area contributed by atoms with Crippen LogP contribution in [0.15, 0.2) is 91.0 Å². The normalized spacial score (nSPS) is 12.5. The van der Waals surface area contributed by atoms with E-state index in [1.54, 1.807) is 24.3 Å². The van der Waals surface area contributed by atoms with Crippen LogP contribution in [0.1, 0.15) is 42.2 Å². The van der Waals surface area contributed by atoms with Gasteiger partial charge in [-0.05, 0) is 84.0 Å². The molecule has 0 radical (unpaired) electrons. The predicted molar refractivity (Wildman–Crippen MR) is 173 cm³/mol. The van der Waals surface area contributed by atoms with Crippen molar-refractivity contribution in [3.8, 4) is 22.6 Å². The molecule has 6 N–H and O–H groups in total. The molecule has 10 heteroatoms. The minimum Gasteiger partial charge on any atom is -0.508 e. The van der Waals surface area contributed by atoms with Crippen molar-refractivity contribution in [2.45, 2.75) is 44.9 Å². The molecule has 0 saturated carbocycles. The monoisotopic (exact) mass is 617 g/mol. The van der Waals surface area contributed by atoms with Crippen molar-refractivity contribution >= 4 is 21.6 Å². The molecule has 232 valence electrons. The number of phenols is 2. The third kappa shape index (κ3) is 9.84. The lowest BCUT2D eigenvalue weighted by atomic mass is 9.93. The molecule has 0 bridgehead atoms. The van der Waals surface area contributed by atoms with Crippen LogP contribution in [0.25, 0.3) is 11.1 Å². The van der Waals surface area contributed by atoms with E-state index >= 15 is 0 Å². The van der Waals surface area contributed by atoms with Crippen molar-refractivity contribution in [2.75, 3.05) is 17.5 Å². The summed E-state index contributed by atoms with van der Waals surface area (Å²) in [5, 5.41) is 36.8. The number of amides is 1. The molecule has 0 saturated heterocycles. The molecular formula is C34H39N3O6S. The highest BCUT2D eigenvalue weighted by Gasteiger charge is 2.21. The summed E-state index contributed by atoms with van der Waals surface area (Å²) in [6.45, 7) is 4.61. The summed E-state index contributed by atoms with van der Waals surface area (Å²) < 4.78 is 25.4. The van der Waals surface area contributed by atoms with E-state index in [1.807, 2.05) is 68.4 Å². The van der Waals surface area contributed by atoms with Crippen LogP contribution in [0, 0.1) is 0 Å². The molecule has 0 heterocycles. The minimum atomic E-state index is -3.59. The van der Waals surface area contributed by atoms with Crippen molar-refractivity contribution in [3.05, 3.63) is 113 Å². The fraction of sp³-hybridized carbons (Fsp3) is 0.265. The number of phenolic OH excluding ortho intramolecular Hbond substituents is 2. The Labute approximate surface area is 258 Å². The van der Waals surface area contributed by atoms with Gasteiger partial charge >= 0.3 is 0 Å². The second kappa shape index (κ2) is 13.9. The molecule has 1 atom stereocenters. The van der Waals surface area contributed by atoms with Gasteiger partial charge in [0.2, 0.25) is 15.9 Å². The van der Waals surface area contributed by atoms with Crippen molar-refractivity contribution in [1.29, 1.82) is 0 Å². The SMILES string of the molecule is CC(C)(Cc1cccc(CC(=O)NCc2cccc(-c3cccc(O)c3)c2)c1)NC[C@@H](O)c1ccc(O)c(NS(C)(=O)=O)c1. The molecule has 4 aromatic rings. The molecule has 0 aromatic heterocycles. The fourth-order valence-electron chi connectivity index (χ4n) is 4.95. The number of aliphatic hydroxyl groups excluding tert-OH is 1. The second-order valence-electron chi connectivity index (χ2n) is 11.6. The van der Waals surface area contributed by atoms with Gasteiger partial charge in [-0.1, -0.05) is 60.7 Å². The molecule has 0 aliphatic rings. The van der Waals surface area contributed by atoms with E-state index in [-0.39, 0.29) is 36.1 Å². The number of carbonyl (C=O) groups excluding carboxylic acids is 1. The van der Waals surface area contributed by atoms with Crippen molar-refractivity contribution in [2.24, 2.45) is 0 Å². The van der Waals surface area contributed by atoms with Crippen LogP contribution in [0.5, 0.6) is 11.5 Å². The molecule has 0 spiro atoms. The highest BCUT2D eigenvalue weighted by atomic mass is 32.2. The maximum absolute atomic E-state index is 12.8. The average Bonchev–Trinajstić information content (AvgIpc) is 2.95. The Kier molecular flexibility index (Phi) is 10.3. The number of aliphatic hydroxyl groups is 1. The van der Waals surface area contributed by atoms with Crippen LogP contribution in [-0.4, -0.2) is 48.0 Å². The van der Waals surface area contributed by atoms with Gasteiger partial charge in [0, 0.05) is 18.6 Å². The third-order valence-corrected chi connectivity index (χ3v) is 7.66. The van der Waals surface area contributed by atoms with Gasteiger partial charge in [-0.15, -0.1) is 0 Å². The van der Waals surface area contributed by atoms with Gasteiger partial charge < -0.3 is 26.0 Å². The van der Waals surface area contributed by atoms with Crippen molar-refractivity contribution < 1.29 is 28.5 Å². The summed E-state index contributed by atoms with van der Waals surface area (Å²) in [5.74, 6) is -0.120. The van der Waals surface area contributed by atoms with E-state index in [0.717, 1.165) is 34.1 Å². The number of nitrogens with one attached hydrogen (secondary N) is 3. The molecule has 0 aliphatic heterocycles. The second-order valence-corrected chi connectivity index (χ2v) is 13.4. The van der Waals surface area contributed by atoms with Crippen LogP contribution in [-0.2, 0) is 34.2 Å². The number of anilines is 1. The van der Waals surface area contributed by atoms with Gasteiger partial charge in [-0.3, -0.25) is 9.52 Å². The summed E-state index contributed by atoms with van der Waals surface area (Å²) in [5.41, 5.74) is 4.79. The zero-order valence-corrected chi connectivity index (χ0v) is 25.9. The summed E-state index contributed by atoms with van der Waals surface area (Å²) in [6.07, 6.45) is 0.914. The molecule has 0 unspecified atom stereocenters. The lowest BCUT2D eigenvalue weighted by Gasteiger charge is -2.28. The molecular weight excluding hydrogens is 578 g/mol. The Morgan fingerprint density at radius 2 is 1.50 bits per heavy atom. The molecule has 4 rings (SSSR count). The van der Waals surface area contributed by atoms with Gasteiger partial charge in [0.05, 0.1) is 24.5 Å². The van der Waals surface area contributed by atoms with E-state index in [0.29, 0.717) is 18.5 Å². The number of aromatic hydroxyl groups is 2. The number of benzene rings is 4. The maximum Gasteiger partial charge on any atom is 0.229 e. The average molecular weight is 618 g/mol. The van der Waals surface area contributed by atoms with Gasteiger partial charge in [-0.25, -0.2) is 8.42 Å². The first-order valence-corrected chi connectivity index (χ1v) is 16.1. The van der Waals surface area contributed by atoms with Gasteiger partial charge in [-0.2, -0.15) is 0 Å². The zero-order valence-electron chi connectivity index (χ0n) is 25.0. The Hall–Kier alpha value is -4.38. The number of sulfonamides is 1. The zero-order chi connectivity index (χ0) is 31.9. The minimum absolute atomic E-state index is 0.00557. The number of hydrogen-bond acceptors (Lipinski definition) is 7. The quantitative estimate of drug-likeness (QED) is 0.120. The Balaban J connectivity index is 1.30. The van der Waals surface area contributed by atoms with E-state index in [9.17, 15) is 28.5 Å². The van der Waals surface area contributed by atoms with E-state index < -0.39 is 21.7 Å². The Bertz CT molecular complexity index is 1720. The van der Waals surface area contributed by atoms with Gasteiger partial charge in [0.15, 0.2) is 0 Å². The van der Waals surface area contributed by atoms with E-state index in [1.165, 1.54) is 12.1 Å². The van der Waals surface area contributed by atoms with E-state index in [2.05, 4.69) is 15.4 Å². The predicted octanol–water partition coefficient (Wildman–Crippen LogP) is 4.64. The first kappa shape index (κ1) is 32.5. The van der Waals surface area contributed by atoms with Crippen molar-refractivity contribution in [3.63, 3.8) is 0 Å². The highest BCUT2D eigenvalue weighted by molar-refractivity contribution is 7.92. The van der Waals surface area contributed by atoms with Gasteiger partial charge in [0.1, 0.15) is 11.5 Å². The van der Waals surface area contributed by atoms with Gasteiger partial charge in [0.25, 0.3) is 0 Å². The molecule has 1 amide bonds. The first-order chi connectivity index (χ1) is 20.8. The lowest BCUT2D eigenvalue weighted by Crippen LogP contribution is -2.43. The maximum atomic E-state index is 12.8. The largest absolute Gasteiger partial charge is 0.508 e. The summed E-state index contributed by atoms with van der Waals surface area (Å²) >= 11 is 0. The third-order valence-electron chi connectivity index (χ3n) is 7.07. The molecule has 4 aromatic carbocycles. The molecule has 9 nitrogen and oxygen atoms in total. The highest BCUT2D eigenvalue weighted by Crippen LogP contribution is 2.28. The summed E-state index contributed by atoms with van der Waals surface area (Å²) in [6, 6.07) is 27.0. The number of rotatable bonds is 13. The number of carbonyl (C=O) groups is 1. The fourth-order valence-corrected chi connectivity index (χ4v) is 5.51. The first-order valence-electron chi connectivity index (χ1n) is 14.2. The summed E-state index contributed by atoms with van der Waals surface area (Å²) in [4.78, 5) is 12.8. The Morgan fingerprint density at radius 3 is 2.23 bits per heavy atom. The van der Waals surface area contributed by atoms with Crippen LogP contribution in [0.3, 0.4) is 0 Å². The van der Waals surface area contributed by atoms with Crippen molar-refractivity contribution in [1.82, 2.24) is 10.6 Å². The van der Waals surface area contributed by atoms with Crippen LogP contribution >= 0.6 is 0 Å². The number of β-amino-alcohol motifs (C(OH)–C–C–N with tert-alkyl or cyclic N) is 1. The van der Waals surface area contributed by atoms with Crippen LogP contribution in [0.4, 0.5) is 5.69 Å². The lowest BCUT2D eigenvalue weighted by molar-refractivity contribution is -0.120. The summed E-state index contributed by atoms with van der Waals surface area (Å²) in [7, 11) is -3.59. The molecule has 44 heavy (non-hydrogen) atoms. The smallest absolute Gasteiger partial charge is 0.229 e. The van der Waals surface area contributed by atoms with E-state index in [4.69, 9.17) is 0 Å². The Morgan fingerprint density at radius 1 is 0.841 bits per heavy atom. The topological polar surface area (TPSA) is 148 Å². The van der Waals surface area contributed by atoms with Crippen LogP contribution < -0.4 is 15.4 Å². The van der Waals surface area contributed by atoms with Crippen LogP contribution in [0.2, 0.25) is 0 Å². The molecule has 0 aliphatic carbocycles.